The Hall–Kier alpha value is -2.15. The Morgan fingerprint density at radius 1 is 1.36 bits per heavy atom. The van der Waals surface area contributed by atoms with Crippen LogP contribution < -0.4 is 10.6 Å². The van der Waals surface area contributed by atoms with Crippen molar-refractivity contribution < 1.29 is 19.4 Å². The number of alkyl carbamates (subject to hydrolysis) is 1. The van der Waals surface area contributed by atoms with Crippen molar-refractivity contribution in [1.82, 2.24) is 15.6 Å². The summed E-state index contributed by atoms with van der Waals surface area (Å²) in [6, 6.07) is 2.89. The van der Waals surface area contributed by atoms with Gasteiger partial charge in [0.2, 0.25) is 0 Å². The van der Waals surface area contributed by atoms with Gasteiger partial charge in [0, 0.05) is 18.9 Å². The zero-order valence-corrected chi connectivity index (χ0v) is 15.4. The first-order valence-corrected chi connectivity index (χ1v) is 8.57. The topological polar surface area (TPSA) is 101 Å². The minimum absolute atomic E-state index is 0.261. The third-order valence-corrected chi connectivity index (χ3v) is 3.41. The lowest BCUT2D eigenvalue weighted by Gasteiger charge is -2.26. The van der Waals surface area contributed by atoms with Crippen LogP contribution in [0.1, 0.15) is 52.5 Å². The van der Waals surface area contributed by atoms with E-state index in [2.05, 4.69) is 15.6 Å². The summed E-state index contributed by atoms with van der Waals surface area (Å²) >= 11 is 0. The molecule has 1 heterocycles. The molecule has 0 radical (unpaired) electrons. The Kier molecular flexibility index (Phi) is 8.34. The molecule has 7 nitrogen and oxygen atoms in total. The van der Waals surface area contributed by atoms with E-state index in [1.54, 1.807) is 39.2 Å². The van der Waals surface area contributed by atoms with E-state index >= 15 is 0 Å². The minimum atomic E-state index is -1.35. The van der Waals surface area contributed by atoms with Crippen LogP contribution >= 0.6 is 0 Å². The number of carbonyl (C=O) groups is 2. The molecule has 2 amide bonds. The molecule has 25 heavy (non-hydrogen) atoms. The summed E-state index contributed by atoms with van der Waals surface area (Å²) in [5, 5.41) is 15.6. The van der Waals surface area contributed by atoms with Crippen molar-refractivity contribution >= 4 is 12.0 Å². The number of aromatic nitrogens is 1. The highest BCUT2D eigenvalue weighted by Gasteiger charge is 2.28. The van der Waals surface area contributed by atoms with Crippen molar-refractivity contribution in [2.24, 2.45) is 0 Å². The van der Waals surface area contributed by atoms with Gasteiger partial charge in [0.05, 0.1) is 6.04 Å². The van der Waals surface area contributed by atoms with Gasteiger partial charge in [-0.1, -0.05) is 25.8 Å². The van der Waals surface area contributed by atoms with Gasteiger partial charge in [-0.05, 0) is 38.8 Å². The van der Waals surface area contributed by atoms with E-state index in [9.17, 15) is 14.7 Å². The smallest absolute Gasteiger partial charge is 0.407 e. The summed E-state index contributed by atoms with van der Waals surface area (Å²) in [7, 11) is 0. The highest BCUT2D eigenvalue weighted by molar-refractivity contribution is 5.82. The van der Waals surface area contributed by atoms with Crippen LogP contribution in [0.4, 0.5) is 4.79 Å². The van der Waals surface area contributed by atoms with Gasteiger partial charge in [0.15, 0.2) is 6.10 Å². The molecule has 0 aliphatic rings. The summed E-state index contributed by atoms with van der Waals surface area (Å²) in [5.74, 6) is -0.541. The van der Waals surface area contributed by atoms with E-state index in [1.807, 2.05) is 13.0 Å². The standard InChI is InChI=1S/C18H29N3O4/c1-5-6-9-14(21-17(24)25-18(2,3)4)15(22)16(23)20-12-13-8-7-10-19-11-13/h7-8,10-11,14-15,22H,5-6,9,12H2,1-4H3,(H,20,23)(H,21,24)/t14-,15?/m0/s1. The maximum absolute atomic E-state index is 12.2. The monoisotopic (exact) mass is 351 g/mol. The number of ether oxygens (including phenoxy) is 1. The van der Waals surface area contributed by atoms with Crippen molar-refractivity contribution in [1.29, 1.82) is 0 Å². The van der Waals surface area contributed by atoms with Crippen molar-refractivity contribution in [3.05, 3.63) is 30.1 Å². The molecule has 0 aromatic carbocycles. The minimum Gasteiger partial charge on any atom is -0.444 e. The number of hydrogen-bond donors (Lipinski definition) is 3. The van der Waals surface area contributed by atoms with Gasteiger partial charge in [-0.2, -0.15) is 0 Å². The maximum Gasteiger partial charge on any atom is 0.407 e. The van der Waals surface area contributed by atoms with Crippen molar-refractivity contribution in [2.75, 3.05) is 0 Å². The first kappa shape index (κ1) is 20.9. The van der Waals surface area contributed by atoms with E-state index in [-0.39, 0.29) is 6.54 Å². The van der Waals surface area contributed by atoms with Crippen LogP contribution in [0.5, 0.6) is 0 Å². The van der Waals surface area contributed by atoms with Crippen LogP contribution in [0.2, 0.25) is 0 Å². The van der Waals surface area contributed by atoms with Crippen LogP contribution in [0.25, 0.3) is 0 Å². The Bertz CT molecular complexity index is 543. The predicted molar refractivity (Wildman–Crippen MR) is 94.8 cm³/mol. The fourth-order valence-corrected chi connectivity index (χ4v) is 2.17. The van der Waals surface area contributed by atoms with Crippen LogP contribution in [-0.4, -0.2) is 39.8 Å². The molecule has 1 unspecified atom stereocenters. The molecule has 1 aromatic rings. The zero-order chi connectivity index (χ0) is 18.9. The fourth-order valence-electron chi connectivity index (χ4n) is 2.17. The predicted octanol–water partition coefficient (Wildman–Crippen LogP) is 2.14. The number of carbonyl (C=O) groups excluding carboxylic acids is 2. The molecule has 2 atom stereocenters. The summed E-state index contributed by atoms with van der Waals surface area (Å²) in [6.07, 6.45) is 3.43. The zero-order valence-electron chi connectivity index (χ0n) is 15.4. The molecule has 7 heteroatoms. The van der Waals surface area contributed by atoms with E-state index in [0.717, 1.165) is 18.4 Å². The first-order valence-electron chi connectivity index (χ1n) is 8.57. The van der Waals surface area contributed by atoms with E-state index in [4.69, 9.17) is 4.74 Å². The van der Waals surface area contributed by atoms with Gasteiger partial charge in [-0.3, -0.25) is 9.78 Å². The second kappa shape index (κ2) is 9.98. The summed E-state index contributed by atoms with van der Waals surface area (Å²) in [5.41, 5.74) is 0.181. The highest BCUT2D eigenvalue weighted by Crippen LogP contribution is 2.10. The number of nitrogens with zero attached hydrogens (tertiary/aromatic N) is 1. The average molecular weight is 351 g/mol. The molecule has 3 N–H and O–H groups in total. The number of pyridine rings is 1. The third kappa shape index (κ3) is 8.49. The van der Waals surface area contributed by atoms with Gasteiger partial charge in [0.1, 0.15) is 5.60 Å². The molecule has 0 bridgehead atoms. The van der Waals surface area contributed by atoms with E-state index in [0.29, 0.717) is 6.42 Å². The van der Waals surface area contributed by atoms with Crippen LogP contribution in [-0.2, 0) is 16.1 Å². The van der Waals surface area contributed by atoms with E-state index < -0.39 is 29.7 Å². The Morgan fingerprint density at radius 2 is 2.08 bits per heavy atom. The van der Waals surface area contributed by atoms with Gasteiger partial charge in [0.25, 0.3) is 5.91 Å². The molecule has 0 fully saturated rings. The molecular weight excluding hydrogens is 322 g/mol. The van der Waals surface area contributed by atoms with Gasteiger partial charge in [-0.15, -0.1) is 0 Å². The number of hydrogen-bond acceptors (Lipinski definition) is 5. The number of nitrogens with one attached hydrogen (secondary N) is 2. The molecule has 140 valence electrons. The lowest BCUT2D eigenvalue weighted by molar-refractivity contribution is -0.131. The molecule has 0 aliphatic heterocycles. The third-order valence-electron chi connectivity index (χ3n) is 3.41. The highest BCUT2D eigenvalue weighted by atomic mass is 16.6. The van der Waals surface area contributed by atoms with Crippen LogP contribution in [0, 0.1) is 0 Å². The SMILES string of the molecule is CCCC[C@H](NC(=O)OC(C)(C)C)C(O)C(=O)NCc1cccnc1. The van der Waals surface area contributed by atoms with Crippen molar-refractivity contribution in [3.63, 3.8) is 0 Å². The average Bonchev–Trinajstić information content (AvgIpc) is 2.55. The summed E-state index contributed by atoms with van der Waals surface area (Å²) in [6.45, 7) is 7.52. The number of aliphatic hydroxyl groups excluding tert-OH is 1. The summed E-state index contributed by atoms with van der Waals surface area (Å²) in [4.78, 5) is 28.1. The quantitative estimate of drug-likeness (QED) is 0.666. The first-order chi connectivity index (χ1) is 11.7. The van der Waals surface area contributed by atoms with Crippen molar-refractivity contribution in [2.45, 2.75) is 71.2 Å². The lowest BCUT2D eigenvalue weighted by atomic mass is 10.0. The molecular formula is C18H29N3O4. The van der Waals surface area contributed by atoms with Gasteiger partial charge >= 0.3 is 6.09 Å². The number of rotatable bonds is 8. The Labute approximate surface area is 149 Å². The molecule has 0 saturated heterocycles. The lowest BCUT2D eigenvalue weighted by Crippen LogP contribution is -2.51. The van der Waals surface area contributed by atoms with Gasteiger partial charge in [-0.25, -0.2) is 4.79 Å². The second-order valence-corrected chi connectivity index (χ2v) is 6.92. The normalized spacial score (nSPS) is 13.6. The van der Waals surface area contributed by atoms with Crippen LogP contribution in [0.3, 0.4) is 0 Å². The molecule has 1 aromatic heterocycles. The number of unbranched alkanes of at least 4 members (excludes halogenated alkanes) is 1. The summed E-state index contributed by atoms with van der Waals surface area (Å²) < 4.78 is 5.21. The van der Waals surface area contributed by atoms with Crippen LogP contribution in [0.15, 0.2) is 24.5 Å². The molecule has 0 spiro atoms. The maximum atomic E-state index is 12.2. The number of aliphatic hydroxyl groups is 1. The van der Waals surface area contributed by atoms with Crippen molar-refractivity contribution in [3.8, 4) is 0 Å². The number of amides is 2. The molecule has 0 aliphatic carbocycles. The fraction of sp³-hybridized carbons (Fsp3) is 0.611. The Morgan fingerprint density at radius 3 is 2.64 bits per heavy atom. The second-order valence-electron chi connectivity index (χ2n) is 6.92. The van der Waals surface area contributed by atoms with E-state index in [1.165, 1.54) is 0 Å². The molecule has 0 saturated carbocycles. The Balaban J connectivity index is 2.62. The molecule has 1 rings (SSSR count). The largest absolute Gasteiger partial charge is 0.444 e. The van der Waals surface area contributed by atoms with Gasteiger partial charge < -0.3 is 20.5 Å².